The monoisotopic (exact) mass is 210 g/mol. The first-order chi connectivity index (χ1) is 6.58. The molecule has 0 bridgehead atoms. The van der Waals surface area contributed by atoms with Crippen LogP contribution in [0.3, 0.4) is 0 Å². The minimum atomic E-state index is -0.797. The molecule has 0 aliphatic rings. The van der Waals surface area contributed by atoms with Crippen molar-refractivity contribution in [3.63, 3.8) is 0 Å². The molecule has 2 aromatic rings. The van der Waals surface area contributed by atoms with Crippen LogP contribution in [0.4, 0.5) is 0 Å². The molecule has 2 rings (SSSR count). The Hall–Kier alpha value is -1.36. The lowest BCUT2D eigenvalue weighted by Gasteiger charge is -1.93. The van der Waals surface area contributed by atoms with Crippen LogP contribution in [0.25, 0.3) is 4.96 Å². The molecular formula is C9H10N2O2S. The van der Waals surface area contributed by atoms with E-state index in [4.69, 9.17) is 5.11 Å². The van der Waals surface area contributed by atoms with E-state index in [1.165, 1.54) is 11.3 Å². The van der Waals surface area contributed by atoms with E-state index in [-0.39, 0.29) is 6.42 Å². The maximum atomic E-state index is 10.6. The Balaban J connectivity index is 2.52. The third-order valence-electron chi connectivity index (χ3n) is 2.09. The molecule has 0 spiro atoms. The number of thiazole rings is 1. The van der Waals surface area contributed by atoms with Crippen LogP contribution in [-0.4, -0.2) is 20.5 Å². The van der Waals surface area contributed by atoms with Gasteiger partial charge in [-0.15, -0.1) is 11.3 Å². The number of carboxylic acid groups (broad SMARTS) is 1. The number of carbonyl (C=O) groups is 1. The van der Waals surface area contributed by atoms with Crippen LogP contribution in [0.5, 0.6) is 0 Å². The summed E-state index contributed by atoms with van der Waals surface area (Å²) < 4.78 is 1.94. The first-order valence-electron chi connectivity index (χ1n) is 4.23. The van der Waals surface area contributed by atoms with Gasteiger partial charge in [-0.2, -0.15) is 0 Å². The van der Waals surface area contributed by atoms with E-state index in [1.54, 1.807) is 0 Å². The number of rotatable bonds is 2. The molecule has 0 radical (unpaired) electrons. The number of aliphatic carboxylic acids is 1. The van der Waals surface area contributed by atoms with Gasteiger partial charge in [0.1, 0.15) is 0 Å². The third kappa shape index (κ3) is 1.39. The van der Waals surface area contributed by atoms with Gasteiger partial charge in [-0.25, -0.2) is 4.98 Å². The average molecular weight is 210 g/mol. The lowest BCUT2D eigenvalue weighted by Crippen LogP contribution is -1.99. The number of fused-ring (bicyclic) bond motifs is 1. The largest absolute Gasteiger partial charge is 0.481 e. The maximum Gasteiger partial charge on any atom is 0.308 e. The molecule has 0 aliphatic heterocycles. The summed E-state index contributed by atoms with van der Waals surface area (Å²) in [5, 5.41) is 8.69. The van der Waals surface area contributed by atoms with Crippen molar-refractivity contribution in [2.24, 2.45) is 0 Å². The second-order valence-electron chi connectivity index (χ2n) is 3.22. The van der Waals surface area contributed by atoms with E-state index < -0.39 is 5.97 Å². The molecule has 0 amide bonds. The Morgan fingerprint density at radius 1 is 1.64 bits per heavy atom. The summed E-state index contributed by atoms with van der Waals surface area (Å²) in [5.41, 5.74) is 1.94. The van der Waals surface area contributed by atoms with Crippen molar-refractivity contribution in [3.8, 4) is 0 Å². The standard InChI is InChI=1S/C9H10N2O2S/c1-5-4-11-6(2)7(3-8(12)13)14-9(11)10-5/h4H,3H2,1-2H3,(H,12,13). The van der Waals surface area contributed by atoms with Gasteiger partial charge in [0.25, 0.3) is 0 Å². The number of nitrogens with zero attached hydrogens (tertiary/aromatic N) is 2. The van der Waals surface area contributed by atoms with Crippen molar-refractivity contribution in [1.29, 1.82) is 0 Å². The Morgan fingerprint density at radius 3 is 2.93 bits per heavy atom. The molecule has 0 fully saturated rings. The predicted molar refractivity (Wildman–Crippen MR) is 53.9 cm³/mol. The fraction of sp³-hybridized carbons (Fsp3) is 0.333. The number of aromatic nitrogens is 2. The summed E-state index contributed by atoms with van der Waals surface area (Å²) in [4.78, 5) is 16.6. The van der Waals surface area contributed by atoms with E-state index in [1.807, 2.05) is 24.4 Å². The van der Waals surface area contributed by atoms with Crippen molar-refractivity contribution < 1.29 is 9.90 Å². The molecule has 0 unspecified atom stereocenters. The molecule has 1 N–H and O–H groups in total. The van der Waals surface area contributed by atoms with Crippen LogP contribution in [0.1, 0.15) is 16.3 Å². The van der Waals surface area contributed by atoms with Gasteiger partial charge in [-0.3, -0.25) is 9.20 Å². The van der Waals surface area contributed by atoms with Gasteiger partial charge in [0, 0.05) is 16.8 Å². The molecule has 2 heterocycles. The molecular weight excluding hydrogens is 200 g/mol. The van der Waals surface area contributed by atoms with Crippen LogP contribution in [0.2, 0.25) is 0 Å². The molecule has 0 aromatic carbocycles. The average Bonchev–Trinajstić information content (AvgIpc) is 2.53. The molecule has 0 atom stereocenters. The number of aryl methyl sites for hydroxylation is 2. The summed E-state index contributed by atoms with van der Waals surface area (Å²) in [6, 6.07) is 0. The molecule has 74 valence electrons. The first kappa shape index (κ1) is 9.21. The lowest BCUT2D eigenvalue weighted by molar-refractivity contribution is -0.136. The Morgan fingerprint density at radius 2 is 2.36 bits per heavy atom. The quantitative estimate of drug-likeness (QED) is 0.819. The van der Waals surface area contributed by atoms with Crippen LogP contribution in [-0.2, 0) is 11.2 Å². The van der Waals surface area contributed by atoms with Gasteiger partial charge < -0.3 is 5.11 Å². The highest BCUT2D eigenvalue weighted by Crippen LogP contribution is 2.23. The summed E-state index contributed by atoms with van der Waals surface area (Å²) in [6.07, 6.45) is 2.01. The minimum absolute atomic E-state index is 0.0822. The van der Waals surface area contributed by atoms with E-state index in [2.05, 4.69) is 4.98 Å². The zero-order valence-electron chi connectivity index (χ0n) is 7.94. The van der Waals surface area contributed by atoms with Crippen molar-refractivity contribution in [2.75, 3.05) is 0 Å². The zero-order valence-corrected chi connectivity index (χ0v) is 8.76. The molecule has 14 heavy (non-hydrogen) atoms. The Labute approximate surface area is 84.8 Å². The Bertz CT molecular complexity index is 498. The van der Waals surface area contributed by atoms with Crippen molar-refractivity contribution in [2.45, 2.75) is 20.3 Å². The van der Waals surface area contributed by atoms with Gasteiger partial charge in [-0.1, -0.05) is 0 Å². The van der Waals surface area contributed by atoms with E-state index >= 15 is 0 Å². The summed E-state index contributed by atoms with van der Waals surface area (Å²) in [5.74, 6) is -0.797. The second kappa shape index (κ2) is 3.09. The SMILES string of the molecule is Cc1cn2c(C)c(CC(=O)O)sc2n1. The van der Waals surface area contributed by atoms with E-state index in [9.17, 15) is 4.79 Å². The number of carboxylic acids is 1. The highest BCUT2D eigenvalue weighted by atomic mass is 32.1. The normalized spacial score (nSPS) is 11.0. The van der Waals surface area contributed by atoms with E-state index in [0.717, 1.165) is 21.2 Å². The highest BCUT2D eigenvalue weighted by Gasteiger charge is 2.12. The lowest BCUT2D eigenvalue weighted by atomic mass is 10.3. The van der Waals surface area contributed by atoms with Crippen molar-refractivity contribution >= 4 is 22.3 Å². The number of hydrogen-bond donors (Lipinski definition) is 1. The third-order valence-corrected chi connectivity index (χ3v) is 3.24. The van der Waals surface area contributed by atoms with Gasteiger partial charge in [0.2, 0.25) is 0 Å². The first-order valence-corrected chi connectivity index (χ1v) is 5.05. The predicted octanol–water partition coefficient (Wildman–Crippen LogP) is 1.64. The molecule has 4 nitrogen and oxygen atoms in total. The molecule has 0 saturated heterocycles. The smallest absolute Gasteiger partial charge is 0.308 e. The van der Waals surface area contributed by atoms with Crippen LogP contribution < -0.4 is 0 Å². The topological polar surface area (TPSA) is 54.6 Å². The fourth-order valence-electron chi connectivity index (χ4n) is 1.41. The molecule has 2 aromatic heterocycles. The van der Waals surface area contributed by atoms with Gasteiger partial charge in [0.05, 0.1) is 12.1 Å². The zero-order chi connectivity index (χ0) is 10.3. The Kier molecular flexibility index (Phi) is 2.03. The van der Waals surface area contributed by atoms with Crippen LogP contribution in [0, 0.1) is 13.8 Å². The van der Waals surface area contributed by atoms with E-state index in [0.29, 0.717) is 0 Å². The maximum absolute atomic E-state index is 10.6. The van der Waals surface area contributed by atoms with Crippen LogP contribution in [0.15, 0.2) is 6.20 Å². The fourth-order valence-corrected chi connectivity index (χ4v) is 2.55. The number of imidazole rings is 1. The van der Waals surface area contributed by atoms with Gasteiger partial charge in [-0.05, 0) is 13.8 Å². The van der Waals surface area contributed by atoms with Crippen molar-refractivity contribution in [1.82, 2.24) is 9.38 Å². The van der Waals surface area contributed by atoms with Gasteiger partial charge >= 0.3 is 5.97 Å². The molecule has 5 heteroatoms. The summed E-state index contributed by atoms with van der Waals surface area (Å²) >= 11 is 1.44. The molecule has 0 aliphatic carbocycles. The summed E-state index contributed by atoms with van der Waals surface area (Å²) in [6.45, 7) is 3.85. The van der Waals surface area contributed by atoms with Gasteiger partial charge in [0.15, 0.2) is 4.96 Å². The van der Waals surface area contributed by atoms with Crippen LogP contribution >= 0.6 is 11.3 Å². The summed E-state index contributed by atoms with van der Waals surface area (Å²) in [7, 11) is 0. The second-order valence-corrected chi connectivity index (χ2v) is 4.28. The number of hydrogen-bond acceptors (Lipinski definition) is 3. The minimum Gasteiger partial charge on any atom is -0.481 e. The highest BCUT2D eigenvalue weighted by molar-refractivity contribution is 7.17. The molecule has 0 saturated carbocycles. The van der Waals surface area contributed by atoms with Crippen molar-refractivity contribution in [3.05, 3.63) is 22.5 Å².